The molecule has 1 aliphatic heterocycles. The van der Waals surface area contributed by atoms with Crippen LogP contribution >= 0.6 is 15.9 Å². The molecular weight excluding hydrogens is 589 g/mol. The van der Waals surface area contributed by atoms with Gasteiger partial charge in [-0.2, -0.15) is 26.3 Å². The third-order valence-electron chi connectivity index (χ3n) is 5.95. The van der Waals surface area contributed by atoms with Gasteiger partial charge in [0.25, 0.3) is 11.8 Å². The lowest BCUT2D eigenvalue weighted by molar-refractivity contribution is -0.348. The molecule has 0 atom stereocenters. The summed E-state index contributed by atoms with van der Waals surface area (Å²) in [6.07, 6.45) is -12.6. The Hall–Kier alpha value is -3.61. The number of ether oxygens (including phenoxy) is 1. The van der Waals surface area contributed by atoms with Gasteiger partial charge in [0, 0.05) is 15.6 Å². The van der Waals surface area contributed by atoms with Gasteiger partial charge >= 0.3 is 18.0 Å². The standard InChI is InChI=1S/C25H16BrF7N2O3/c1-38-20-16(7-4-8-19(20)35-12-13-5-2-3-6-15(13)22(35)37)21(36)34-18-10-9-14(11-17(18)26)23(27,24(28,29)30)25(31,32)33/h2-11H,12H2,1H3,(H,34,36). The van der Waals surface area contributed by atoms with E-state index in [9.17, 15) is 40.3 Å². The number of benzene rings is 3. The zero-order valence-electron chi connectivity index (χ0n) is 19.2. The lowest BCUT2D eigenvalue weighted by atomic mass is 9.94. The molecule has 3 aromatic carbocycles. The lowest BCUT2D eigenvalue weighted by Gasteiger charge is -2.30. The molecule has 0 saturated carbocycles. The zero-order valence-corrected chi connectivity index (χ0v) is 20.8. The predicted molar refractivity (Wildman–Crippen MR) is 127 cm³/mol. The van der Waals surface area contributed by atoms with Crippen LogP contribution in [-0.4, -0.2) is 31.3 Å². The fourth-order valence-electron chi connectivity index (χ4n) is 4.09. The van der Waals surface area contributed by atoms with Gasteiger partial charge in [-0.15, -0.1) is 0 Å². The number of carbonyl (C=O) groups is 2. The monoisotopic (exact) mass is 604 g/mol. The molecule has 5 nitrogen and oxygen atoms in total. The maximum Gasteiger partial charge on any atom is 0.435 e. The fourth-order valence-corrected chi connectivity index (χ4v) is 4.57. The summed E-state index contributed by atoms with van der Waals surface area (Å²) in [4.78, 5) is 27.4. The van der Waals surface area contributed by atoms with Crippen LogP contribution in [0.4, 0.5) is 42.1 Å². The second-order valence-corrected chi connectivity index (χ2v) is 9.06. The summed E-state index contributed by atoms with van der Waals surface area (Å²) in [5.41, 5.74) is -6.13. The van der Waals surface area contributed by atoms with E-state index in [-0.39, 0.29) is 41.2 Å². The number of hydrogen-bond donors (Lipinski definition) is 1. The number of halogens is 8. The minimum Gasteiger partial charge on any atom is -0.494 e. The highest BCUT2D eigenvalue weighted by atomic mass is 79.9. The molecule has 0 bridgehead atoms. The van der Waals surface area contributed by atoms with Gasteiger partial charge < -0.3 is 15.0 Å². The van der Waals surface area contributed by atoms with E-state index in [2.05, 4.69) is 21.2 Å². The van der Waals surface area contributed by atoms with Gasteiger partial charge in [0.1, 0.15) is 0 Å². The highest BCUT2D eigenvalue weighted by Crippen LogP contribution is 2.53. The van der Waals surface area contributed by atoms with Crippen LogP contribution in [0.15, 0.2) is 65.1 Å². The van der Waals surface area contributed by atoms with E-state index in [0.29, 0.717) is 17.7 Å². The first-order valence-electron chi connectivity index (χ1n) is 10.7. The molecule has 0 spiro atoms. The van der Waals surface area contributed by atoms with Gasteiger partial charge in [0.2, 0.25) is 0 Å². The second kappa shape index (κ2) is 9.61. The molecule has 1 heterocycles. The number of nitrogens with zero attached hydrogens (tertiary/aromatic N) is 1. The number of rotatable bonds is 5. The third kappa shape index (κ3) is 4.48. The van der Waals surface area contributed by atoms with Gasteiger partial charge in [0.15, 0.2) is 5.75 Å². The number of hydrogen-bond acceptors (Lipinski definition) is 3. The van der Waals surface area contributed by atoms with Gasteiger partial charge in [-0.3, -0.25) is 9.59 Å². The van der Waals surface area contributed by atoms with Crippen molar-refractivity contribution in [1.29, 1.82) is 0 Å². The Balaban J connectivity index is 1.65. The number of carbonyl (C=O) groups excluding carboxylic acids is 2. The number of amides is 2. The molecule has 1 N–H and O–H groups in total. The number of methoxy groups -OCH3 is 1. The van der Waals surface area contributed by atoms with E-state index in [1.165, 1.54) is 24.1 Å². The number of anilines is 2. The van der Waals surface area contributed by atoms with Crippen molar-refractivity contribution in [2.45, 2.75) is 24.6 Å². The Morgan fingerprint density at radius 2 is 1.61 bits per heavy atom. The Bertz CT molecular complexity index is 1410. The molecule has 0 unspecified atom stereocenters. The minimum absolute atomic E-state index is 0.0100. The zero-order chi connectivity index (χ0) is 28.0. The third-order valence-corrected chi connectivity index (χ3v) is 6.61. The Morgan fingerprint density at radius 1 is 0.947 bits per heavy atom. The van der Waals surface area contributed by atoms with Crippen molar-refractivity contribution in [2.24, 2.45) is 0 Å². The second-order valence-electron chi connectivity index (χ2n) is 8.21. The summed E-state index contributed by atoms with van der Waals surface area (Å²) >= 11 is 2.80. The molecule has 4 rings (SSSR count). The molecule has 3 aromatic rings. The van der Waals surface area contributed by atoms with Gasteiger partial charge in [0.05, 0.1) is 30.6 Å². The Labute approximate surface area is 219 Å². The van der Waals surface area contributed by atoms with Gasteiger partial charge in [-0.05, 0) is 51.8 Å². The van der Waals surface area contributed by atoms with Crippen LogP contribution in [-0.2, 0) is 12.2 Å². The highest BCUT2D eigenvalue weighted by Gasteiger charge is 2.73. The minimum atomic E-state index is -6.28. The number of alkyl halides is 7. The summed E-state index contributed by atoms with van der Waals surface area (Å²) in [5, 5.41) is 2.35. The maximum atomic E-state index is 14.4. The highest BCUT2D eigenvalue weighted by molar-refractivity contribution is 9.10. The predicted octanol–water partition coefficient (Wildman–Crippen LogP) is 7.16. The van der Waals surface area contributed by atoms with Crippen molar-refractivity contribution >= 4 is 39.1 Å². The van der Waals surface area contributed by atoms with E-state index in [0.717, 1.165) is 5.56 Å². The number of nitrogens with one attached hydrogen (secondary N) is 1. The maximum absolute atomic E-state index is 14.4. The lowest BCUT2D eigenvalue weighted by Crippen LogP contribution is -2.50. The van der Waals surface area contributed by atoms with Crippen molar-refractivity contribution in [1.82, 2.24) is 0 Å². The number of fused-ring (bicyclic) bond motifs is 1. The summed E-state index contributed by atoms with van der Waals surface area (Å²) < 4.78 is 97.9. The summed E-state index contributed by atoms with van der Waals surface area (Å²) in [6, 6.07) is 12.6. The summed E-state index contributed by atoms with van der Waals surface area (Å²) in [7, 11) is 1.27. The molecule has 38 heavy (non-hydrogen) atoms. The van der Waals surface area contributed by atoms with E-state index in [1.54, 1.807) is 30.3 Å². The van der Waals surface area contributed by atoms with Gasteiger partial charge in [-0.25, -0.2) is 4.39 Å². The van der Waals surface area contributed by atoms with Crippen molar-refractivity contribution < 1.29 is 45.1 Å². The van der Waals surface area contributed by atoms with Crippen molar-refractivity contribution in [3.8, 4) is 5.75 Å². The molecule has 13 heteroatoms. The Kier molecular flexibility index (Phi) is 6.93. The van der Waals surface area contributed by atoms with E-state index < -0.39 is 34.0 Å². The smallest absolute Gasteiger partial charge is 0.435 e. The van der Waals surface area contributed by atoms with E-state index >= 15 is 0 Å². The van der Waals surface area contributed by atoms with Gasteiger partial charge in [-0.1, -0.05) is 30.3 Å². The molecule has 2 amide bonds. The van der Waals surface area contributed by atoms with Crippen molar-refractivity contribution in [3.63, 3.8) is 0 Å². The fraction of sp³-hybridized carbons (Fsp3) is 0.200. The van der Waals surface area contributed by atoms with Crippen LogP contribution in [0.25, 0.3) is 0 Å². The van der Waals surface area contributed by atoms with Crippen LogP contribution in [0.5, 0.6) is 5.75 Å². The molecule has 1 aliphatic rings. The normalized spacial score (nSPS) is 13.9. The van der Waals surface area contributed by atoms with Crippen LogP contribution < -0.4 is 15.0 Å². The first-order chi connectivity index (χ1) is 17.7. The van der Waals surface area contributed by atoms with Crippen molar-refractivity contribution in [2.75, 3.05) is 17.3 Å². The summed E-state index contributed by atoms with van der Waals surface area (Å²) in [6.45, 7) is 0.215. The van der Waals surface area contributed by atoms with Crippen LogP contribution in [0.3, 0.4) is 0 Å². The van der Waals surface area contributed by atoms with Crippen molar-refractivity contribution in [3.05, 3.63) is 87.4 Å². The molecule has 0 aromatic heterocycles. The first kappa shape index (κ1) is 27.4. The molecule has 0 saturated heterocycles. The Morgan fingerprint density at radius 3 is 2.18 bits per heavy atom. The van der Waals surface area contributed by atoms with Crippen LogP contribution in [0.2, 0.25) is 0 Å². The molecule has 200 valence electrons. The largest absolute Gasteiger partial charge is 0.494 e. The molecule has 0 aliphatic carbocycles. The van der Waals surface area contributed by atoms with E-state index in [4.69, 9.17) is 4.74 Å². The summed E-state index contributed by atoms with van der Waals surface area (Å²) in [5.74, 6) is -1.16. The molecule has 0 fully saturated rings. The SMILES string of the molecule is COc1c(C(=O)Nc2ccc(C(F)(C(F)(F)F)C(F)(F)F)cc2Br)cccc1N1Cc2ccccc2C1=O. The van der Waals surface area contributed by atoms with E-state index in [1.807, 2.05) is 0 Å². The average Bonchev–Trinajstić information content (AvgIpc) is 3.19. The molecule has 0 radical (unpaired) electrons. The van der Waals surface area contributed by atoms with Crippen LogP contribution in [0, 0.1) is 0 Å². The molecular formula is C25H16BrF7N2O3. The average molecular weight is 605 g/mol. The first-order valence-corrected chi connectivity index (χ1v) is 11.5. The quantitative estimate of drug-likeness (QED) is 0.314. The van der Waals surface area contributed by atoms with Crippen LogP contribution in [0.1, 0.15) is 31.8 Å². The topological polar surface area (TPSA) is 58.6 Å². The number of para-hydroxylation sites is 1.